The lowest BCUT2D eigenvalue weighted by molar-refractivity contribution is 0.414. The van der Waals surface area contributed by atoms with Gasteiger partial charge in [0, 0.05) is 23.6 Å². The van der Waals surface area contributed by atoms with Crippen molar-refractivity contribution < 1.29 is 8.60 Å². The molecule has 98 valence electrons. The molecular weight excluding hydrogens is 251 g/mol. The number of fused-ring (bicyclic) bond motifs is 1. The summed E-state index contributed by atoms with van der Waals surface area (Å²) in [4.78, 5) is 5.83. The van der Waals surface area contributed by atoms with Crippen molar-refractivity contribution in [3.8, 4) is 0 Å². The van der Waals surface area contributed by atoms with E-state index in [-0.39, 0.29) is 0 Å². The summed E-state index contributed by atoms with van der Waals surface area (Å²) in [6.45, 7) is 0.906. The quantitative estimate of drug-likeness (QED) is 0.903. The smallest absolute Gasteiger partial charge is 0.169 e. The maximum atomic E-state index is 12.6. The Morgan fingerprint density at radius 1 is 1.39 bits per heavy atom. The number of halogens is 1. The number of aromatic nitrogens is 1. The van der Waals surface area contributed by atoms with Crippen molar-refractivity contribution in [2.24, 2.45) is 0 Å². The van der Waals surface area contributed by atoms with Crippen LogP contribution in [0.2, 0.25) is 0 Å². The maximum absolute atomic E-state index is 12.6. The Balaban J connectivity index is 2.45. The van der Waals surface area contributed by atoms with E-state index < -0.39 is 16.8 Å². The van der Waals surface area contributed by atoms with E-state index in [1.165, 1.54) is 0 Å². The summed E-state index contributed by atoms with van der Waals surface area (Å²) in [7, 11) is 2.45. The topological polar surface area (TPSA) is 36.1 Å². The fourth-order valence-electron chi connectivity index (χ4n) is 2.01. The molecule has 1 aromatic heterocycles. The summed E-state index contributed by atoms with van der Waals surface area (Å²) in [5.41, 5.74) is 2.01. The fourth-order valence-corrected chi connectivity index (χ4v) is 2.83. The first-order valence-corrected chi connectivity index (χ1v) is 7.13. The molecule has 0 aliphatic rings. The van der Waals surface area contributed by atoms with E-state index in [0.717, 1.165) is 29.4 Å². The molecule has 1 unspecified atom stereocenters. The fraction of sp³-hybridized carbons (Fsp3) is 0.385. The molecule has 2 aromatic rings. The molecule has 0 fully saturated rings. The van der Waals surface area contributed by atoms with Gasteiger partial charge in [0.25, 0.3) is 0 Å². The summed E-state index contributed by atoms with van der Waals surface area (Å²) in [6.07, 6.45) is 2.78. The van der Waals surface area contributed by atoms with Gasteiger partial charge in [-0.15, -0.1) is 0 Å². The van der Waals surface area contributed by atoms with Crippen LogP contribution in [0.25, 0.3) is 10.9 Å². The lowest BCUT2D eigenvalue weighted by atomic mass is 10.1. The summed E-state index contributed by atoms with van der Waals surface area (Å²) < 4.78 is 24.4. The lowest BCUT2D eigenvalue weighted by Gasteiger charge is -2.09. The highest BCUT2D eigenvalue weighted by Crippen LogP contribution is 2.26. The lowest BCUT2D eigenvalue weighted by Crippen LogP contribution is -2.15. The van der Waals surface area contributed by atoms with E-state index in [9.17, 15) is 8.60 Å². The predicted octanol–water partition coefficient (Wildman–Crippen LogP) is 2.31. The van der Waals surface area contributed by atoms with Gasteiger partial charge in [0.05, 0.1) is 15.7 Å². The van der Waals surface area contributed by atoms with Crippen molar-refractivity contribution in [2.75, 3.05) is 26.6 Å². The standard InChI is InChI=1S/C13H17FN2OS/c1-16(2)7-6-10-8-15-11-4-3-5-12(13(10)11)18(17)9-14/h3-5,8,15H,6-7,9H2,1-2H3. The Hall–Kier alpha value is -1.20. The number of hydrogen-bond donors (Lipinski definition) is 1. The molecule has 0 spiro atoms. The zero-order chi connectivity index (χ0) is 13.1. The van der Waals surface area contributed by atoms with Gasteiger partial charge in [-0.25, -0.2) is 4.39 Å². The van der Waals surface area contributed by atoms with Gasteiger partial charge >= 0.3 is 0 Å². The first kappa shape index (κ1) is 13.2. The molecule has 3 nitrogen and oxygen atoms in total. The first-order chi connectivity index (χ1) is 8.63. The molecule has 0 saturated heterocycles. The molecule has 0 amide bonds. The van der Waals surface area contributed by atoms with Crippen molar-refractivity contribution in [1.29, 1.82) is 0 Å². The number of H-pyrrole nitrogens is 1. The minimum absolute atomic E-state index is 0.588. The average molecular weight is 268 g/mol. The molecule has 0 bridgehead atoms. The normalized spacial score (nSPS) is 13.3. The van der Waals surface area contributed by atoms with Crippen LogP contribution in [-0.2, 0) is 17.2 Å². The van der Waals surface area contributed by atoms with Gasteiger partial charge in [-0.2, -0.15) is 0 Å². The second-order valence-corrected chi connectivity index (χ2v) is 5.85. The highest BCUT2D eigenvalue weighted by Gasteiger charge is 2.13. The van der Waals surface area contributed by atoms with Crippen molar-refractivity contribution in [2.45, 2.75) is 11.3 Å². The van der Waals surface area contributed by atoms with Crippen LogP contribution >= 0.6 is 0 Å². The van der Waals surface area contributed by atoms with Gasteiger partial charge < -0.3 is 9.88 Å². The predicted molar refractivity (Wildman–Crippen MR) is 72.9 cm³/mol. The van der Waals surface area contributed by atoms with E-state index in [0.29, 0.717) is 4.90 Å². The molecule has 1 aromatic carbocycles. The summed E-state index contributed by atoms with van der Waals surface area (Å²) in [5, 5.41) is 0.912. The van der Waals surface area contributed by atoms with E-state index in [2.05, 4.69) is 9.88 Å². The summed E-state index contributed by atoms with van der Waals surface area (Å²) >= 11 is 0. The molecule has 18 heavy (non-hydrogen) atoms. The number of alkyl halides is 1. The Morgan fingerprint density at radius 3 is 2.83 bits per heavy atom. The SMILES string of the molecule is CN(C)CCc1c[nH]c2cccc(S(=O)CF)c12. The Morgan fingerprint density at radius 2 is 2.17 bits per heavy atom. The highest BCUT2D eigenvalue weighted by atomic mass is 32.2. The molecule has 2 rings (SSSR count). The van der Waals surface area contributed by atoms with Crippen molar-refractivity contribution >= 4 is 21.7 Å². The zero-order valence-corrected chi connectivity index (χ0v) is 11.4. The molecule has 0 aliphatic heterocycles. The van der Waals surface area contributed by atoms with Gasteiger partial charge in [0.15, 0.2) is 6.01 Å². The molecule has 0 aliphatic carbocycles. The van der Waals surface area contributed by atoms with Crippen LogP contribution in [0.3, 0.4) is 0 Å². The van der Waals surface area contributed by atoms with Crippen LogP contribution in [0.1, 0.15) is 5.56 Å². The third kappa shape index (κ3) is 2.62. The Labute approximate surface area is 108 Å². The zero-order valence-electron chi connectivity index (χ0n) is 10.6. The molecule has 1 heterocycles. The minimum Gasteiger partial charge on any atom is -0.361 e. The molecule has 1 N–H and O–H groups in total. The van der Waals surface area contributed by atoms with Crippen LogP contribution < -0.4 is 0 Å². The van der Waals surface area contributed by atoms with E-state index in [4.69, 9.17) is 0 Å². The maximum Gasteiger partial charge on any atom is 0.169 e. The largest absolute Gasteiger partial charge is 0.361 e. The van der Waals surface area contributed by atoms with E-state index in [1.807, 2.05) is 26.4 Å². The molecule has 1 atom stereocenters. The highest BCUT2D eigenvalue weighted by molar-refractivity contribution is 7.85. The number of nitrogens with zero attached hydrogens (tertiary/aromatic N) is 1. The number of hydrogen-bond acceptors (Lipinski definition) is 2. The van der Waals surface area contributed by atoms with Crippen molar-refractivity contribution in [1.82, 2.24) is 9.88 Å². The van der Waals surface area contributed by atoms with Crippen molar-refractivity contribution in [3.63, 3.8) is 0 Å². The van der Waals surface area contributed by atoms with Crippen LogP contribution in [0.4, 0.5) is 4.39 Å². The number of aromatic amines is 1. The van der Waals surface area contributed by atoms with Crippen LogP contribution in [-0.4, -0.2) is 40.7 Å². The summed E-state index contributed by atoms with van der Waals surface area (Å²) in [5.74, 6) is 0. The van der Waals surface area contributed by atoms with E-state index >= 15 is 0 Å². The van der Waals surface area contributed by atoms with Crippen molar-refractivity contribution in [3.05, 3.63) is 30.0 Å². The first-order valence-electron chi connectivity index (χ1n) is 5.81. The molecular formula is C13H17FN2OS. The molecule has 5 heteroatoms. The summed E-state index contributed by atoms with van der Waals surface area (Å²) in [6, 6.07) is 4.63. The monoisotopic (exact) mass is 268 g/mol. The van der Waals surface area contributed by atoms with Gasteiger partial charge in [-0.05, 0) is 38.2 Å². The van der Waals surface area contributed by atoms with Gasteiger partial charge in [-0.3, -0.25) is 4.21 Å². The van der Waals surface area contributed by atoms with Gasteiger partial charge in [0.1, 0.15) is 0 Å². The molecule has 0 radical (unpaired) electrons. The average Bonchev–Trinajstić information content (AvgIpc) is 2.78. The number of benzene rings is 1. The van der Waals surface area contributed by atoms with Crippen LogP contribution in [0.5, 0.6) is 0 Å². The van der Waals surface area contributed by atoms with Crippen LogP contribution in [0, 0.1) is 0 Å². The third-order valence-electron chi connectivity index (χ3n) is 2.92. The van der Waals surface area contributed by atoms with Crippen LogP contribution in [0.15, 0.2) is 29.3 Å². The van der Waals surface area contributed by atoms with Gasteiger partial charge in [0.2, 0.25) is 0 Å². The minimum atomic E-state index is -1.57. The number of likely N-dealkylation sites (N-methyl/N-ethyl adjacent to an activating group) is 1. The number of nitrogens with one attached hydrogen (secondary N) is 1. The second kappa shape index (κ2) is 5.63. The molecule has 0 saturated carbocycles. The number of rotatable bonds is 5. The second-order valence-electron chi connectivity index (χ2n) is 4.50. The van der Waals surface area contributed by atoms with Gasteiger partial charge in [-0.1, -0.05) is 6.07 Å². The Kier molecular flexibility index (Phi) is 4.14. The third-order valence-corrected chi connectivity index (χ3v) is 3.95. The van der Waals surface area contributed by atoms with E-state index in [1.54, 1.807) is 12.1 Å². The Bertz CT molecular complexity index is 565.